The summed E-state index contributed by atoms with van der Waals surface area (Å²) in [6.45, 7) is 7.71. The van der Waals surface area contributed by atoms with Crippen LogP contribution in [0.25, 0.3) is 0 Å². The molecule has 1 rings (SSSR count). The van der Waals surface area contributed by atoms with Crippen LogP contribution < -0.4 is 0 Å². The van der Waals surface area contributed by atoms with Crippen molar-refractivity contribution in [2.75, 3.05) is 6.61 Å². The van der Waals surface area contributed by atoms with Crippen molar-refractivity contribution in [1.82, 2.24) is 0 Å². The number of rotatable bonds is 1. The van der Waals surface area contributed by atoms with E-state index in [1.807, 2.05) is 0 Å². The van der Waals surface area contributed by atoms with Gasteiger partial charge in [0.05, 0.1) is 12.7 Å². The Morgan fingerprint density at radius 2 is 1.44 bits per heavy atom. The standard InChI is InChI=1S/C7H14O5.C4H10/c1-3-5(9)7(11)6(10)4(2-8)12-3;1-4(2)3/h3-11H,2H2,1H3;4H,1-3H3. The van der Waals surface area contributed by atoms with Crippen molar-refractivity contribution in [1.29, 1.82) is 0 Å². The van der Waals surface area contributed by atoms with Gasteiger partial charge in [-0.15, -0.1) is 0 Å². The Hall–Kier alpha value is -0.200. The predicted molar refractivity (Wildman–Crippen MR) is 60.0 cm³/mol. The molecule has 0 spiro atoms. The van der Waals surface area contributed by atoms with Crippen LogP contribution in [-0.4, -0.2) is 57.6 Å². The summed E-state index contributed by atoms with van der Waals surface area (Å²) >= 11 is 0. The maximum atomic E-state index is 9.23. The second kappa shape index (κ2) is 7.19. The molecule has 1 fully saturated rings. The van der Waals surface area contributed by atoms with Crippen LogP contribution in [0.4, 0.5) is 0 Å². The van der Waals surface area contributed by atoms with E-state index in [0.29, 0.717) is 0 Å². The summed E-state index contributed by atoms with van der Waals surface area (Å²) in [4.78, 5) is 0. The van der Waals surface area contributed by atoms with Gasteiger partial charge in [0.25, 0.3) is 0 Å². The molecule has 0 amide bonds. The molecular weight excluding hydrogens is 212 g/mol. The molecule has 5 heteroatoms. The van der Waals surface area contributed by atoms with E-state index in [1.165, 1.54) is 0 Å². The van der Waals surface area contributed by atoms with Crippen molar-refractivity contribution in [2.45, 2.75) is 58.2 Å². The van der Waals surface area contributed by atoms with Crippen LogP contribution in [0.15, 0.2) is 0 Å². The van der Waals surface area contributed by atoms with Crippen LogP contribution in [0, 0.1) is 5.92 Å². The molecule has 5 unspecified atom stereocenters. The van der Waals surface area contributed by atoms with Crippen LogP contribution in [-0.2, 0) is 4.74 Å². The lowest BCUT2D eigenvalue weighted by atomic mass is 9.96. The molecule has 0 radical (unpaired) electrons. The summed E-state index contributed by atoms with van der Waals surface area (Å²) in [5.74, 6) is 0.833. The van der Waals surface area contributed by atoms with Crippen LogP contribution in [0.1, 0.15) is 27.7 Å². The molecule has 5 atom stereocenters. The van der Waals surface area contributed by atoms with Crippen molar-refractivity contribution in [3.63, 3.8) is 0 Å². The summed E-state index contributed by atoms with van der Waals surface area (Å²) in [5.41, 5.74) is 0. The third kappa shape index (κ3) is 4.76. The number of hydrogen-bond donors (Lipinski definition) is 4. The van der Waals surface area contributed by atoms with Crippen molar-refractivity contribution in [3.05, 3.63) is 0 Å². The van der Waals surface area contributed by atoms with E-state index in [-0.39, 0.29) is 6.61 Å². The first-order valence-corrected chi connectivity index (χ1v) is 5.61. The summed E-state index contributed by atoms with van der Waals surface area (Å²) in [7, 11) is 0. The zero-order chi connectivity index (χ0) is 12.9. The summed E-state index contributed by atoms with van der Waals surface area (Å²) in [5, 5.41) is 36.4. The van der Waals surface area contributed by atoms with Gasteiger partial charge >= 0.3 is 0 Å². The largest absolute Gasteiger partial charge is 0.394 e. The molecule has 0 aromatic heterocycles. The van der Waals surface area contributed by atoms with Gasteiger partial charge in [0.15, 0.2) is 0 Å². The first kappa shape index (κ1) is 15.8. The summed E-state index contributed by atoms with van der Waals surface area (Å²) in [6, 6.07) is 0. The van der Waals surface area contributed by atoms with Gasteiger partial charge in [0.2, 0.25) is 0 Å². The van der Waals surface area contributed by atoms with Gasteiger partial charge in [0.1, 0.15) is 24.4 Å². The predicted octanol–water partition coefficient (Wildman–Crippen LogP) is -0.489. The second-order valence-electron chi connectivity index (χ2n) is 4.77. The van der Waals surface area contributed by atoms with Crippen molar-refractivity contribution >= 4 is 0 Å². The average Bonchev–Trinajstić information content (AvgIpc) is 2.19. The van der Waals surface area contributed by atoms with Gasteiger partial charge in [0, 0.05) is 0 Å². The van der Waals surface area contributed by atoms with Gasteiger partial charge in [-0.1, -0.05) is 20.8 Å². The highest BCUT2D eigenvalue weighted by Crippen LogP contribution is 2.20. The number of aliphatic hydroxyl groups is 4. The molecular formula is C11H24O5. The van der Waals surface area contributed by atoms with E-state index in [0.717, 1.165) is 5.92 Å². The third-order valence-corrected chi connectivity index (χ3v) is 2.13. The highest BCUT2D eigenvalue weighted by atomic mass is 16.5. The average molecular weight is 236 g/mol. The number of ether oxygens (including phenoxy) is 1. The van der Waals surface area contributed by atoms with Gasteiger partial charge in [-0.2, -0.15) is 0 Å². The Bertz CT molecular complexity index is 178. The monoisotopic (exact) mass is 236 g/mol. The van der Waals surface area contributed by atoms with Crippen molar-refractivity contribution < 1.29 is 25.2 Å². The lowest BCUT2D eigenvalue weighted by Gasteiger charge is -2.38. The zero-order valence-electron chi connectivity index (χ0n) is 10.4. The molecule has 0 bridgehead atoms. The molecule has 0 aliphatic carbocycles. The molecule has 0 saturated carbocycles. The SMILES string of the molecule is CC(C)C.CC1OC(CO)C(O)C(O)C1O. The minimum absolute atomic E-state index is 0.366. The maximum Gasteiger partial charge on any atom is 0.111 e. The van der Waals surface area contributed by atoms with Gasteiger partial charge in [-0.05, 0) is 12.8 Å². The third-order valence-electron chi connectivity index (χ3n) is 2.13. The lowest BCUT2D eigenvalue weighted by Crippen LogP contribution is -2.57. The topological polar surface area (TPSA) is 90.2 Å². The number of aliphatic hydroxyl groups excluding tert-OH is 4. The van der Waals surface area contributed by atoms with Crippen LogP contribution in [0.3, 0.4) is 0 Å². The molecule has 0 aromatic rings. The molecule has 98 valence electrons. The minimum Gasteiger partial charge on any atom is -0.394 e. The van der Waals surface area contributed by atoms with Crippen LogP contribution in [0.5, 0.6) is 0 Å². The minimum atomic E-state index is -1.24. The Labute approximate surface area is 96.7 Å². The molecule has 0 aromatic carbocycles. The van der Waals surface area contributed by atoms with E-state index in [9.17, 15) is 15.3 Å². The van der Waals surface area contributed by atoms with E-state index in [2.05, 4.69) is 20.8 Å². The molecule has 1 aliphatic rings. The lowest BCUT2D eigenvalue weighted by molar-refractivity contribution is -0.224. The smallest absolute Gasteiger partial charge is 0.111 e. The van der Waals surface area contributed by atoms with Crippen molar-refractivity contribution in [2.24, 2.45) is 5.92 Å². The fraction of sp³-hybridized carbons (Fsp3) is 1.00. The summed E-state index contributed by atoms with van der Waals surface area (Å²) in [6.07, 6.45) is -4.94. The highest BCUT2D eigenvalue weighted by molar-refractivity contribution is 4.89. The fourth-order valence-corrected chi connectivity index (χ4v) is 1.29. The molecule has 16 heavy (non-hydrogen) atoms. The first-order chi connectivity index (χ1) is 7.31. The Kier molecular flexibility index (Phi) is 7.10. The van der Waals surface area contributed by atoms with Crippen molar-refractivity contribution in [3.8, 4) is 0 Å². The van der Waals surface area contributed by atoms with E-state index < -0.39 is 30.5 Å². The first-order valence-electron chi connectivity index (χ1n) is 5.61. The molecule has 4 N–H and O–H groups in total. The highest BCUT2D eigenvalue weighted by Gasteiger charge is 2.41. The number of hydrogen-bond acceptors (Lipinski definition) is 5. The molecule has 1 aliphatic heterocycles. The maximum absolute atomic E-state index is 9.23. The van der Waals surface area contributed by atoms with E-state index in [4.69, 9.17) is 9.84 Å². The fourth-order valence-electron chi connectivity index (χ4n) is 1.29. The Morgan fingerprint density at radius 3 is 1.81 bits per heavy atom. The van der Waals surface area contributed by atoms with Crippen LogP contribution in [0.2, 0.25) is 0 Å². The second-order valence-corrected chi connectivity index (χ2v) is 4.77. The Morgan fingerprint density at radius 1 is 1.00 bits per heavy atom. The van der Waals surface area contributed by atoms with Crippen LogP contribution >= 0.6 is 0 Å². The van der Waals surface area contributed by atoms with Gasteiger partial charge in [-0.25, -0.2) is 0 Å². The zero-order valence-corrected chi connectivity index (χ0v) is 10.4. The Balaban J connectivity index is 0.000000487. The normalized spacial score (nSPS) is 39.2. The molecule has 5 nitrogen and oxygen atoms in total. The van der Waals surface area contributed by atoms with E-state index in [1.54, 1.807) is 6.92 Å². The molecule has 1 saturated heterocycles. The van der Waals surface area contributed by atoms with Gasteiger partial charge in [-0.3, -0.25) is 0 Å². The molecule has 1 heterocycles. The summed E-state index contributed by atoms with van der Waals surface area (Å²) < 4.78 is 5.02. The quantitative estimate of drug-likeness (QED) is 0.493. The van der Waals surface area contributed by atoms with E-state index >= 15 is 0 Å². The van der Waals surface area contributed by atoms with Gasteiger partial charge < -0.3 is 25.2 Å².